The number of aromatic nitrogens is 2. The summed E-state index contributed by atoms with van der Waals surface area (Å²) < 4.78 is 13.1. The predicted molar refractivity (Wildman–Crippen MR) is 40.7 cm³/mol. The first kappa shape index (κ1) is 9.57. The van der Waals surface area contributed by atoms with E-state index in [1.165, 1.54) is 6.07 Å². The highest BCUT2D eigenvalue weighted by atomic mass is 19.1. The van der Waals surface area contributed by atoms with Gasteiger partial charge in [-0.2, -0.15) is 25.2 Å². The van der Waals surface area contributed by atoms with E-state index in [0.717, 1.165) is 0 Å². The van der Waals surface area contributed by atoms with Gasteiger partial charge >= 0.3 is 0 Å². The Hall–Kier alpha value is -2.52. The molecule has 1 heterocycles. The van der Waals surface area contributed by atoms with Crippen molar-refractivity contribution in [3.05, 3.63) is 23.0 Å². The van der Waals surface area contributed by atoms with E-state index in [-0.39, 0.29) is 17.7 Å². The molecule has 0 fully saturated rings. The fraction of sp³-hybridized carbons (Fsp3) is 0.125. The minimum absolute atomic E-state index is 0.172. The topological polar surface area (TPSA) is 97.2 Å². The molecule has 14 heavy (non-hydrogen) atoms. The van der Waals surface area contributed by atoms with Crippen molar-refractivity contribution < 1.29 is 4.39 Å². The molecule has 0 aliphatic carbocycles. The highest BCUT2D eigenvalue weighted by molar-refractivity contribution is 5.34. The molecule has 0 saturated carbocycles. The van der Waals surface area contributed by atoms with E-state index in [9.17, 15) is 4.39 Å². The molecule has 1 aromatic heterocycles. The first-order valence-electron chi connectivity index (χ1n) is 3.46. The van der Waals surface area contributed by atoms with Crippen molar-refractivity contribution in [2.45, 2.75) is 6.42 Å². The lowest BCUT2D eigenvalue weighted by molar-refractivity contribution is 0.563. The molecule has 6 heteroatoms. The number of hydrogen-bond acceptors (Lipinski definition) is 5. The summed E-state index contributed by atoms with van der Waals surface area (Å²) in [5.41, 5.74) is -0.440. The molecule has 0 radical (unpaired) electrons. The maximum absolute atomic E-state index is 13.1. The van der Waals surface area contributed by atoms with Gasteiger partial charge in [0.1, 0.15) is 12.1 Å². The van der Waals surface area contributed by atoms with Crippen LogP contribution >= 0.6 is 0 Å². The standard InChI is InChI=1S/C8H2FN5/c9-8-5(1-2-10)6(3-11)13-7(4-12)14-8/h1H2. The van der Waals surface area contributed by atoms with Crippen LogP contribution in [0.2, 0.25) is 0 Å². The molecule has 66 valence electrons. The molecule has 0 amide bonds. The van der Waals surface area contributed by atoms with Crippen LogP contribution in [0.4, 0.5) is 4.39 Å². The minimum atomic E-state index is -0.991. The lowest BCUT2D eigenvalue weighted by Gasteiger charge is -1.98. The molecule has 0 saturated heterocycles. The minimum Gasteiger partial charge on any atom is -0.208 e. The van der Waals surface area contributed by atoms with Crippen molar-refractivity contribution >= 4 is 0 Å². The molecular weight excluding hydrogens is 185 g/mol. The van der Waals surface area contributed by atoms with Gasteiger partial charge in [-0.1, -0.05) is 0 Å². The third-order valence-corrected chi connectivity index (χ3v) is 1.42. The molecule has 0 spiro atoms. The zero-order chi connectivity index (χ0) is 10.6. The summed E-state index contributed by atoms with van der Waals surface area (Å²) in [5, 5.41) is 25.3. The normalized spacial score (nSPS) is 8.43. The molecule has 0 aromatic carbocycles. The monoisotopic (exact) mass is 187 g/mol. The van der Waals surface area contributed by atoms with Crippen LogP contribution in [0.5, 0.6) is 0 Å². The van der Waals surface area contributed by atoms with Crippen molar-refractivity contribution in [1.29, 1.82) is 15.8 Å². The van der Waals surface area contributed by atoms with Gasteiger partial charge in [-0.15, -0.1) is 0 Å². The smallest absolute Gasteiger partial charge is 0.208 e. The summed E-state index contributed by atoms with van der Waals surface area (Å²) in [5.74, 6) is -1.41. The second-order valence-electron chi connectivity index (χ2n) is 2.22. The van der Waals surface area contributed by atoms with Gasteiger partial charge in [0, 0.05) is 0 Å². The summed E-state index contributed by atoms with van der Waals surface area (Å²) in [4.78, 5) is 6.64. The van der Waals surface area contributed by atoms with Crippen molar-refractivity contribution in [1.82, 2.24) is 9.97 Å². The van der Waals surface area contributed by atoms with Crippen LogP contribution in [0.15, 0.2) is 0 Å². The van der Waals surface area contributed by atoms with Gasteiger partial charge in [-0.05, 0) is 0 Å². The van der Waals surface area contributed by atoms with Gasteiger partial charge in [-0.3, -0.25) is 0 Å². The van der Waals surface area contributed by atoms with E-state index >= 15 is 0 Å². The van der Waals surface area contributed by atoms with Crippen LogP contribution < -0.4 is 0 Å². The Morgan fingerprint density at radius 1 is 1.14 bits per heavy atom. The van der Waals surface area contributed by atoms with Crippen LogP contribution in [0, 0.1) is 39.9 Å². The lowest BCUT2D eigenvalue weighted by atomic mass is 10.2. The van der Waals surface area contributed by atoms with Gasteiger partial charge < -0.3 is 0 Å². The van der Waals surface area contributed by atoms with Gasteiger partial charge in [0.05, 0.1) is 18.1 Å². The van der Waals surface area contributed by atoms with Crippen molar-refractivity contribution in [3.63, 3.8) is 0 Å². The summed E-state index contributed by atoms with van der Waals surface area (Å²) in [6, 6.07) is 4.80. The Bertz CT molecular complexity index is 488. The maximum atomic E-state index is 13.1. The Morgan fingerprint density at radius 2 is 1.86 bits per heavy atom. The molecule has 0 atom stereocenters. The van der Waals surface area contributed by atoms with Crippen molar-refractivity contribution in [3.8, 4) is 18.2 Å². The summed E-state index contributed by atoms with van der Waals surface area (Å²) in [6.07, 6.45) is -0.291. The SMILES string of the molecule is N#CCc1c(F)nc(C#N)nc1C#N. The van der Waals surface area contributed by atoms with E-state index in [0.29, 0.717) is 0 Å². The van der Waals surface area contributed by atoms with Crippen LogP contribution in [-0.4, -0.2) is 9.97 Å². The number of halogens is 1. The summed E-state index contributed by atoms with van der Waals surface area (Å²) in [6.45, 7) is 0. The molecule has 0 bridgehead atoms. The van der Waals surface area contributed by atoms with Gasteiger partial charge in [0.25, 0.3) is 0 Å². The molecule has 0 aliphatic rings. The fourth-order valence-corrected chi connectivity index (χ4v) is 0.835. The second-order valence-corrected chi connectivity index (χ2v) is 2.22. The number of nitrogens with zero attached hydrogens (tertiary/aromatic N) is 5. The van der Waals surface area contributed by atoms with Crippen LogP contribution in [0.25, 0.3) is 0 Å². The van der Waals surface area contributed by atoms with Crippen LogP contribution in [0.1, 0.15) is 17.1 Å². The first-order valence-corrected chi connectivity index (χ1v) is 3.46. The highest BCUT2D eigenvalue weighted by Gasteiger charge is 2.13. The van der Waals surface area contributed by atoms with Gasteiger partial charge in [0.15, 0.2) is 5.69 Å². The lowest BCUT2D eigenvalue weighted by Crippen LogP contribution is -2.04. The van der Waals surface area contributed by atoms with E-state index in [4.69, 9.17) is 15.8 Å². The first-order chi connectivity index (χ1) is 6.72. The molecular formula is C8H2FN5. The Balaban J connectivity index is 3.40. The fourth-order valence-electron chi connectivity index (χ4n) is 0.835. The van der Waals surface area contributed by atoms with Crippen molar-refractivity contribution in [2.75, 3.05) is 0 Å². The van der Waals surface area contributed by atoms with E-state index < -0.39 is 11.8 Å². The average molecular weight is 187 g/mol. The van der Waals surface area contributed by atoms with E-state index in [1.807, 2.05) is 0 Å². The quantitative estimate of drug-likeness (QED) is 0.593. The molecule has 0 aliphatic heterocycles. The summed E-state index contributed by atoms with van der Waals surface area (Å²) >= 11 is 0. The zero-order valence-corrected chi connectivity index (χ0v) is 6.82. The van der Waals surface area contributed by atoms with Gasteiger partial charge in [-0.25, -0.2) is 4.98 Å². The maximum Gasteiger partial charge on any atom is 0.236 e. The third kappa shape index (κ3) is 1.63. The average Bonchev–Trinajstić information content (AvgIpc) is 2.20. The van der Waals surface area contributed by atoms with Crippen LogP contribution in [0.3, 0.4) is 0 Å². The molecule has 1 rings (SSSR count). The second kappa shape index (κ2) is 3.93. The number of nitriles is 3. The molecule has 0 unspecified atom stereocenters. The predicted octanol–water partition coefficient (Wildman–Crippen LogP) is 0.425. The van der Waals surface area contributed by atoms with E-state index in [1.54, 1.807) is 12.1 Å². The van der Waals surface area contributed by atoms with E-state index in [2.05, 4.69) is 9.97 Å². The van der Waals surface area contributed by atoms with Crippen LogP contribution in [-0.2, 0) is 6.42 Å². The van der Waals surface area contributed by atoms with Gasteiger partial charge in [0.2, 0.25) is 11.8 Å². The largest absolute Gasteiger partial charge is 0.236 e. The number of hydrogen-bond donors (Lipinski definition) is 0. The Morgan fingerprint density at radius 3 is 2.36 bits per heavy atom. The van der Waals surface area contributed by atoms with Crippen molar-refractivity contribution in [2.24, 2.45) is 0 Å². The Labute approximate surface area is 78.7 Å². The number of rotatable bonds is 1. The molecule has 5 nitrogen and oxygen atoms in total. The molecule has 0 N–H and O–H groups in total. The molecule has 1 aromatic rings. The highest BCUT2D eigenvalue weighted by Crippen LogP contribution is 2.09. The summed E-state index contributed by atoms with van der Waals surface area (Å²) in [7, 11) is 0. The zero-order valence-electron chi connectivity index (χ0n) is 6.82. The third-order valence-electron chi connectivity index (χ3n) is 1.42. The Kier molecular flexibility index (Phi) is 2.69.